The van der Waals surface area contributed by atoms with Crippen LogP contribution in [0.1, 0.15) is 30.9 Å². The third-order valence-corrected chi connectivity index (χ3v) is 7.46. The normalized spacial score (nSPS) is 11.6. The zero-order valence-electron chi connectivity index (χ0n) is 17.8. The number of carbonyl (C=O) groups is 1. The Morgan fingerprint density at radius 1 is 0.909 bits per heavy atom. The number of benzene rings is 3. The van der Waals surface area contributed by atoms with Gasteiger partial charge in [-0.2, -0.15) is 4.31 Å². The van der Waals surface area contributed by atoms with Gasteiger partial charge in [-0.25, -0.2) is 8.42 Å². The van der Waals surface area contributed by atoms with Crippen molar-refractivity contribution in [2.24, 2.45) is 0 Å². The van der Waals surface area contributed by atoms with Crippen molar-refractivity contribution in [3.8, 4) is 0 Å². The van der Waals surface area contributed by atoms with Crippen LogP contribution in [0.15, 0.2) is 77.7 Å². The second-order valence-electron chi connectivity index (χ2n) is 7.33. The van der Waals surface area contributed by atoms with Crippen molar-refractivity contribution in [3.63, 3.8) is 0 Å². The number of sulfonamides is 1. The van der Waals surface area contributed by atoms with E-state index in [0.29, 0.717) is 20.6 Å². The van der Waals surface area contributed by atoms with E-state index in [1.807, 2.05) is 12.1 Å². The molecule has 0 heterocycles. The largest absolute Gasteiger partial charge is 0.271 e. The summed E-state index contributed by atoms with van der Waals surface area (Å²) in [4.78, 5) is 13.2. The highest BCUT2D eigenvalue weighted by atomic mass is 35.5. The lowest BCUT2D eigenvalue weighted by Crippen LogP contribution is -2.35. The summed E-state index contributed by atoms with van der Waals surface area (Å²) in [6.45, 7) is 2.10. The van der Waals surface area contributed by atoms with Crippen LogP contribution in [-0.4, -0.2) is 14.3 Å². The molecule has 4 nitrogen and oxygen atoms in total. The van der Waals surface area contributed by atoms with Gasteiger partial charge >= 0.3 is 0 Å². The van der Waals surface area contributed by atoms with Crippen molar-refractivity contribution in [2.75, 3.05) is 4.31 Å². The highest BCUT2D eigenvalue weighted by molar-refractivity contribution is 7.93. The SMILES string of the molecule is CCCCc1ccc(N(C(=O)/C=C/c2ccc(Cl)cc2Cl)S(=O)(=O)c2ccc(Cl)cc2)cc1. The van der Waals surface area contributed by atoms with Crippen LogP contribution in [0.25, 0.3) is 6.08 Å². The lowest BCUT2D eigenvalue weighted by Gasteiger charge is -2.22. The van der Waals surface area contributed by atoms with Crippen LogP contribution in [0.3, 0.4) is 0 Å². The second kappa shape index (κ2) is 11.2. The molecule has 0 saturated heterocycles. The van der Waals surface area contributed by atoms with Gasteiger partial charge in [0.2, 0.25) is 0 Å². The second-order valence-corrected chi connectivity index (χ2v) is 10.4. The van der Waals surface area contributed by atoms with E-state index in [1.165, 1.54) is 36.4 Å². The highest BCUT2D eigenvalue weighted by Crippen LogP contribution is 2.27. The van der Waals surface area contributed by atoms with Crippen LogP contribution in [-0.2, 0) is 21.2 Å². The number of carbonyl (C=O) groups excluding carboxylic acids is 1. The molecule has 0 aliphatic heterocycles. The molecule has 0 radical (unpaired) electrons. The van der Waals surface area contributed by atoms with Gasteiger partial charge in [0.25, 0.3) is 15.9 Å². The van der Waals surface area contributed by atoms with Gasteiger partial charge in [-0.05, 0) is 78.6 Å². The molecule has 3 aromatic carbocycles. The Bertz CT molecular complexity index is 1260. The Morgan fingerprint density at radius 3 is 2.15 bits per heavy atom. The minimum Gasteiger partial charge on any atom is -0.268 e. The maximum Gasteiger partial charge on any atom is 0.271 e. The van der Waals surface area contributed by atoms with E-state index >= 15 is 0 Å². The van der Waals surface area contributed by atoms with Crippen molar-refractivity contribution in [2.45, 2.75) is 31.1 Å². The molecule has 0 unspecified atom stereocenters. The lowest BCUT2D eigenvalue weighted by molar-refractivity contribution is -0.113. The first-order valence-electron chi connectivity index (χ1n) is 10.3. The Balaban J connectivity index is 2.01. The number of rotatable bonds is 8. The van der Waals surface area contributed by atoms with Gasteiger partial charge in [-0.1, -0.05) is 66.3 Å². The van der Waals surface area contributed by atoms with E-state index in [-0.39, 0.29) is 10.6 Å². The average molecular weight is 523 g/mol. The number of halogens is 3. The first-order valence-corrected chi connectivity index (χ1v) is 12.9. The average Bonchev–Trinajstić information content (AvgIpc) is 2.78. The van der Waals surface area contributed by atoms with Gasteiger partial charge < -0.3 is 0 Å². The fraction of sp³-hybridized carbons (Fsp3) is 0.160. The third-order valence-electron chi connectivity index (χ3n) is 4.91. The Labute approximate surface area is 209 Å². The summed E-state index contributed by atoms with van der Waals surface area (Å²) in [7, 11) is -4.20. The van der Waals surface area contributed by atoms with Crippen LogP contribution in [0.5, 0.6) is 0 Å². The Kier molecular flexibility index (Phi) is 8.60. The predicted octanol–water partition coefficient (Wildman–Crippen LogP) is 7.42. The molecule has 0 aliphatic rings. The number of hydrogen-bond acceptors (Lipinski definition) is 3. The maximum atomic E-state index is 13.5. The number of nitrogens with zero attached hydrogens (tertiary/aromatic N) is 1. The van der Waals surface area contributed by atoms with E-state index < -0.39 is 15.9 Å². The van der Waals surface area contributed by atoms with E-state index in [9.17, 15) is 13.2 Å². The molecule has 1 amide bonds. The van der Waals surface area contributed by atoms with Crippen molar-refractivity contribution >= 4 is 62.5 Å². The van der Waals surface area contributed by atoms with Gasteiger partial charge in [0.05, 0.1) is 10.6 Å². The van der Waals surface area contributed by atoms with Crippen LogP contribution in [0.2, 0.25) is 15.1 Å². The molecule has 3 aromatic rings. The fourth-order valence-electron chi connectivity index (χ4n) is 3.14. The van der Waals surface area contributed by atoms with Crippen molar-refractivity contribution in [1.29, 1.82) is 0 Å². The summed E-state index contributed by atoms with van der Waals surface area (Å²) < 4.78 is 27.7. The highest BCUT2D eigenvalue weighted by Gasteiger charge is 2.29. The van der Waals surface area contributed by atoms with E-state index in [2.05, 4.69) is 6.92 Å². The number of anilines is 1. The standard InChI is InChI=1S/C25H22Cl3NO3S/c1-2-3-4-18-5-12-22(13-6-18)29(33(31,32)23-14-10-20(26)11-15-23)25(30)16-8-19-7-9-21(27)17-24(19)28/h5-17H,2-4H2,1H3/b16-8+. The molecule has 33 heavy (non-hydrogen) atoms. The Morgan fingerprint density at radius 2 is 1.55 bits per heavy atom. The van der Waals surface area contributed by atoms with Crippen LogP contribution in [0, 0.1) is 0 Å². The summed E-state index contributed by atoms with van der Waals surface area (Å²) in [5.41, 5.74) is 1.84. The smallest absolute Gasteiger partial charge is 0.268 e. The molecule has 0 saturated carbocycles. The molecule has 0 bridgehead atoms. The quantitative estimate of drug-likeness (QED) is 0.289. The molecule has 172 valence electrons. The summed E-state index contributed by atoms with van der Waals surface area (Å²) in [6, 6.07) is 17.4. The number of amides is 1. The molecule has 0 fully saturated rings. The topological polar surface area (TPSA) is 54.5 Å². The molecule has 3 rings (SSSR count). The zero-order chi connectivity index (χ0) is 24.0. The van der Waals surface area contributed by atoms with E-state index in [1.54, 1.807) is 30.3 Å². The molecule has 0 aliphatic carbocycles. The Hall–Kier alpha value is -2.31. The minimum atomic E-state index is -4.20. The van der Waals surface area contributed by atoms with Crippen molar-refractivity contribution in [1.82, 2.24) is 0 Å². The van der Waals surface area contributed by atoms with E-state index in [0.717, 1.165) is 29.1 Å². The third kappa shape index (κ3) is 6.39. The lowest BCUT2D eigenvalue weighted by atomic mass is 10.1. The molecular formula is C25H22Cl3NO3S. The van der Waals surface area contributed by atoms with Crippen LogP contribution in [0.4, 0.5) is 5.69 Å². The fourth-order valence-corrected chi connectivity index (χ4v) is 5.13. The van der Waals surface area contributed by atoms with Gasteiger partial charge in [-0.3, -0.25) is 4.79 Å². The van der Waals surface area contributed by atoms with E-state index in [4.69, 9.17) is 34.8 Å². The summed E-state index contributed by atoms with van der Waals surface area (Å²) in [6.07, 6.45) is 5.59. The zero-order valence-corrected chi connectivity index (χ0v) is 20.9. The summed E-state index contributed by atoms with van der Waals surface area (Å²) >= 11 is 18.0. The number of aryl methyl sites for hydroxylation is 1. The van der Waals surface area contributed by atoms with Gasteiger partial charge in [0.15, 0.2) is 0 Å². The van der Waals surface area contributed by atoms with Gasteiger partial charge in [0.1, 0.15) is 0 Å². The van der Waals surface area contributed by atoms with Gasteiger partial charge in [-0.15, -0.1) is 0 Å². The molecule has 0 spiro atoms. The number of hydrogen-bond donors (Lipinski definition) is 0. The molecule has 0 atom stereocenters. The van der Waals surface area contributed by atoms with Crippen molar-refractivity contribution < 1.29 is 13.2 Å². The minimum absolute atomic E-state index is 0.0479. The summed E-state index contributed by atoms with van der Waals surface area (Å²) in [5.74, 6) is -0.739. The maximum absolute atomic E-state index is 13.5. The van der Waals surface area contributed by atoms with Crippen LogP contribution >= 0.6 is 34.8 Å². The number of unbranched alkanes of at least 4 members (excludes halogenated alkanes) is 1. The first kappa shape index (κ1) is 25.3. The summed E-state index contributed by atoms with van der Waals surface area (Å²) in [5, 5.41) is 1.20. The molecule has 8 heteroatoms. The van der Waals surface area contributed by atoms with Crippen LogP contribution < -0.4 is 4.31 Å². The van der Waals surface area contributed by atoms with Gasteiger partial charge in [0, 0.05) is 21.1 Å². The predicted molar refractivity (Wildman–Crippen MR) is 137 cm³/mol. The monoisotopic (exact) mass is 521 g/mol. The molecular weight excluding hydrogens is 501 g/mol. The molecule has 0 N–H and O–H groups in total. The first-order chi connectivity index (χ1) is 15.7. The van der Waals surface area contributed by atoms with Crippen molar-refractivity contribution in [3.05, 3.63) is 99.0 Å². The molecule has 0 aromatic heterocycles.